The number of carbonyl (C=O) groups is 1. The van der Waals surface area contributed by atoms with Crippen molar-refractivity contribution in [3.05, 3.63) is 107 Å². The molecular weight excluding hydrogens is 532 g/mol. The van der Waals surface area contributed by atoms with Crippen LogP contribution < -0.4 is 4.74 Å². The third kappa shape index (κ3) is 7.16. The van der Waals surface area contributed by atoms with Crippen LogP contribution in [-0.4, -0.2) is 37.0 Å². The molecule has 2 heterocycles. The summed E-state index contributed by atoms with van der Waals surface area (Å²) < 4.78 is 6.12. The number of hydrogen-bond donors (Lipinski definition) is 2. The summed E-state index contributed by atoms with van der Waals surface area (Å²) in [5.74, 6) is 1.21. The van der Waals surface area contributed by atoms with Gasteiger partial charge in [-0.2, -0.15) is 16.9 Å². The number of ether oxygens (including phenoxy) is 1. The van der Waals surface area contributed by atoms with Crippen molar-refractivity contribution in [2.45, 2.75) is 31.1 Å². The maximum Gasteiger partial charge on any atom is 0.304 e. The van der Waals surface area contributed by atoms with Gasteiger partial charge in [0.2, 0.25) is 0 Å². The fraction of sp³-hybridized carbons (Fsp3) is 0.200. The zero-order valence-corrected chi connectivity index (χ0v) is 22.7. The quantitative estimate of drug-likeness (QED) is 0.168. The van der Waals surface area contributed by atoms with Crippen molar-refractivity contribution in [3.63, 3.8) is 0 Å². The van der Waals surface area contributed by atoms with E-state index >= 15 is 0 Å². The Labute approximate surface area is 235 Å². The number of pyridine rings is 1. The second kappa shape index (κ2) is 12.8. The molecule has 0 aliphatic carbocycles. The van der Waals surface area contributed by atoms with E-state index in [-0.39, 0.29) is 11.7 Å². The molecule has 0 saturated heterocycles. The van der Waals surface area contributed by atoms with Crippen molar-refractivity contribution < 1.29 is 14.6 Å². The summed E-state index contributed by atoms with van der Waals surface area (Å²) in [7, 11) is 0. The van der Waals surface area contributed by atoms with E-state index in [2.05, 4.69) is 32.3 Å². The van der Waals surface area contributed by atoms with Crippen molar-refractivity contribution in [3.8, 4) is 17.1 Å². The lowest BCUT2D eigenvalue weighted by molar-refractivity contribution is -0.136. The zero-order valence-electron chi connectivity index (χ0n) is 21.1. The highest BCUT2D eigenvalue weighted by atomic mass is 35.5. The van der Waals surface area contributed by atoms with Gasteiger partial charge < -0.3 is 9.84 Å². The molecule has 2 aromatic heterocycles. The SMILES string of the molecule is O=C(O)CCSC(CCc1ccccc1-c1ncn[nH]1)c1cccc(OCc2ccc3ccc(Cl)cc3n2)c1. The smallest absolute Gasteiger partial charge is 0.304 e. The van der Waals surface area contributed by atoms with Crippen LogP contribution in [0.1, 0.15) is 34.9 Å². The number of benzene rings is 3. The average Bonchev–Trinajstić information content (AvgIpc) is 3.49. The number of aromatic nitrogens is 4. The minimum atomic E-state index is -0.793. The molecule has 5 aromatic rings. The highest BCUT2D eigenvalue weighted by Gasteiger charge is 2.16. The van der Waals surface area contributed by atoms with Crippen LogP contribution in [0.2, 0.25) is 5.02 Å². The molecule has 2 N–H and O–H groups in total. The summed E-state index contributed by atoms with van der Waals surface area (Å²) >= 11 is 7.78. The number of thioether (sulfide) groups is 1. The standard InChI is InChI=1S/C30H27ClN4O3S/c31-23-11-8-21-9-12-24(34-27(21)17-23)18-38-25-6-3-5-22(16-25)28(39-15-14-29(36)37)13-10-20-4-1-2-7-26(20)30-32-19-33-35-30/h1-9,11-12,16-17,19,28H,10,13-15,18H2,(H,36,37)(H,32,33,35). The van der Waals surface area contributed by atoms with Gasteiger partial charge in [-0.25, -0.2) is 9.97 Å². The first kappa shape index (κ1) is 26.7. The molecule has 1 unspecified atom stereocenters. The summed E-state index contributed by atoms with van der Waals surface area (Å²) in [6.07, 6.45) is 3.25. The second-order valence-electron chi connectivity index (χ2n) is 9.03. The molecule has 7 nitrogen and oxygen atoms in total. The van der Waals surface area contributed by atoms with Gasteiger partial charge in [-0.05, 0) is 54.3 Å². The average molecular weight is 559 g/mol. The molecule has 9 heteroatoms. The van der Waals surface area contributed by atoms with Crippen LogP contribution in [0.4, 0.5) is 0 Å². The largest absolute Gasteiger partial charge is 0.487 e. The third-order valence-electron chi connectivity index (χ3n) is 6.33. The summed E-state index contributed by atoms with van der Waals surface area (Å²) in [6, 6.07) is 25.8. The Morgan fingerprint density at radius 2 is 1.92 bits per heavy atom. The Hall–Kier alpha value is -3.88. The molecule has 3 aromatic carbocycles. The predicted octanol–water partition coefficient (Wildman–Crippen LogP) is 7.13. The molecule has 0 radical (unpaired) electrons. The van der Waals surface area contributed by atoms with E-state index in [4.69, 9.17) is 16.3 Å². The van der Waals surface area contributed by atoms with Gasteiger partial charge in [-0.3, -0.25) is 9.89 Å². The van der Waals surface area contributed by atoms with E-state index in [9.17, 15) is 9.90 Å². The van der Waals surface area contributed by atoms with Gasteiger partial charge in [-0.15, -0.1) is 0 Å². The van der Waals surface area contributed by atoms with E-state index in [1.54, 1.807) is 11.8 Å². The predicted molar refractivity (Wildman–Crippen MR) is 155 cm³/mol. The molecule has 0 fully saturated rings. The first-order valence-electron chi connectivity index (χ1n) is 12.6. The number of aromatic amines is 1. The van der Waals surface area contributed by atoms with Gasteiger partial charge in [-0.1, -0.05) is 60.1 Å². The fourth-order valence-corrected chi connectivity index (χ4v) is 5.77. The third-order valence-corrected chi connectivity index (χ3v) is 7.91. The second-order valence-corrected chi connectivity index (χ2v) is 10.8. The summed E-state index contributed by atoms with van der Waals surface area (Å²) in [4.78, 5) is 20.2. The van der Waals surface area contributed by atoms with Crippen LogP contribution in [0.15, 0.2) is 85.2 Å². The van der Waals surface area contributed by atoms with E-state index in [0.717, 1.165) is 57.7 Å². The fourth-order valence-electron chi connectivity index (χ4n) is 4.40. The Bertz CT molecular complexity index is 1560. The number of fused-ring (bicyclic) bond motifs is 1. The number of halogens is 1. The minimum absolute atomic E-state index is 0.0941. The van der Waals surface area contributed by atoms with Crippen molar-refractivity contribution in [1.29, 1.82) is 0 Å². The maximum atomic E-state index is 11.2. The molecule has 0 bridgehead atoms. The number of hydrogen-bond acceptors (Lipinski definition) is 6. The van der Waals surface area contributed by atoms with E-state index in [0.29, 0.717) is 17.4 Å². The summed E-state index contributed by atoms with van der Waals surface area (Å²) in [5.41, 5.74) is 4.92. The number of aliphatic carboxylic acids is 1. The van der Waals surface area contributed by atoms with E-state index in [1.165, 1.54) is 6.33 Å². The Morgan fingerprint density at radius 3 is 2.77 bits per heavy atom. The number of rotatable bonds is 12. The normalized spacial score (nSPS) is 11.9. The number of carboxylic acid groups (broad SMARTS) is 1. The molecule has 0 aliphatic heterocycles. The highest BCUT2D eigenvalue weighted by Crippen LogP contribution is 2.36. The number of nitrogens with zero attached hydrogens (tertiary/aromatic N) is 3. The molecular formula is C30H27ClN4O3S. The van der Waals surface area contributed by atoms with Gasteiger partial charge in [0.15, 0.2) is 5.82 Å². The molecule has 1 atom stereocenters. The molecule has 0 spiro atoms. The topological polar surface area (TPSA) is 101 Å². The molecule has 0 saturated carbocycles. The van der Waals surface area contributed by atoms with Crippen molar-refractivity contribution >= 4 is 40.2 Å². The molecule has 0 aliphatic rings. The highest BCUT2D eigenvalue weighted by molar-refractivity contribution is 7.99. The molecule has 39 heavy (non-hydrogen) atoms. The number of nitrogens with one attached hydrogen (secondary N) is 1. The summed E-state index contributed by atoms with van der Waals surface area (Å²) in [6.45, 7) is 0.327. The van der Waals surface area contributed by atoms with Crippen molar-refractivity contribution in [2.75, 3.05) is 5.75 Å². The molecule has 5 rings (SSSR count). The number of aryl methyl sites for hydroxylation is 1. The van der Waals surface area contributed by atoms with Crippen LogP contribution >= 0.6 is 23.4 Å². The zero-order chi connectivity index (χ0) is 27.0. The Kier molecular flexibility index (Phi) is 8.75. The Morgan fingerprint density at radius 1 is 1.05 bits per heavy atom. The lowest BCUT2D eigenvalue weighted by atomic mass is 9.99. The monoisotopic (exact) mass is 558 g/mol. The van der Waals surface area contributed by atoms with E-state index in [1.807, 2.05) is 66.7 Å². The summed E-state index contributed by atoms with van der Waals surface area (Å²) in [5, 5.41) is 17.9. The lowest BCUT2D eigenvalue weighted by Crippen LogP contribution is -2.04. The molecule has 0 amide bonds. The van der Waals surface area contributed by atoms with Crippen LogP contribution in [-0.2, 0) is 17.8 Å². The maximum absolute atomic E-state index is 11.2. The van der Waals surface area contributed by atoms with Gasteiger partial charge in [0, 0.05) is 27.0 Å². The first-order chi connectivity index (χ1) is 19.0. The lowest BCUT2D eigenvalue weighted by Gasteiger charge is -2.19. The van der Waals surface area contributed by atoms with Crippen LogP contribution in [0.25, 0.3) is 22.3 Å². The molecule has 198 valence electrons. The van der Waals surface area contributed by atoms with Crippen LogP contribution in [0.5, 0.6) is 5.75 Å². The Balaban J connectivity index is 1.31. The minimum Gasteiger partial charge on any atom is -0.487 e. The van der Waals surface area contributed by atoms with E-state index < -0.39 is 5.97 Å². The van der Waals surface area contributed by atoms with Crippen LogP contribution in [0, 0.1) is 0 Å². The van der Waals surface area contributed by atoms with Gasteiger partial charge in [0.25, 0.3) is 0 Å². The number of H-pyrrole nitrogens is 1. The van der Waals surface area contributed by atoms with Crippen molar-refractivity contribution in [2.24, 2.45) is 0 Å². The first-order valence-corrected chi connectivity index (χ1v) is 14.0. The van der Waals surface area contributed by atoms with Gasteiger partial charge >= 0.3 is 5.97 Å². The van der Waals surface area contributed by atoms with Crippen molar-refractivity contribution in [1.82, 2.24) is 20.2 Å². The van der Waals surface area contributed by atoms with Gasteiger partial charge in [0.1, 0.15) is 18.7 Å². The number of carboxylic acids is 1. The van der Waals surface area contributed by atoms with Crippen LogP contribution in [0.3, 0.4) is 0 Å². The van der Waals surface area contributed by atoms with Gasteiger partial charge in [0.05, 0.1) is 17.6 Å².